The van der Waals surface area contributed by atoms with E-state index < -0.39 is 0 Å². The lowest BCUT2D eigenvalue weighted by Crippen LogP contribution is -2.15. The molecule has 6 nitrogen and oxygen atoms in total. The molecule has 0 fully saturated rings. The van der Waals surface area contributed by atoms with Crippen LogP contribution in [0.25, 0.3) is 243 Å². The Bertz CT molecular complexity index is 9920. The molecule has 0 saturated heterocycles. The van der Waals surface area contributed by atoms with Crippen molar-refractivity contribution in [2.24, 2.45) is 0 Å². The molecule has 0 spiro atoms. The van der Waals surface area contributed by atoms with Gasteiger partial charge in [0.2, 0.25) is 0 Å². The summed E-state index contributed by atoms with van der Waals surface area (Å²) in [6, 6.07) is 183. The highest BCUT2D eigenvalue weighted by Gasteiger charge is 2.42. The van der Waals surface area contributed by atoms with E-state index >= 15 is 0 Å². The van der Waals surface area contributed by atoms with Crippen molar-refractivity contribution < 1.29 is 0 Å². The second-order valence-corrected chi connectivity index (χ2v) is 41.8. The average molecular weight is 1880 g/mol. The molecule has 0 unspecified atom stereocenters. The summed E-state index contributed by atoms with van der Waals surface area (Å²) in [6.45, 7) is 14.4. The van der Waals surface area contributed by atoms with Gasteiger partial charge in [-0.2, -0.15) is 0 Å². The molecule has 147 heavy (non-hydrogen) atoms. The molecule has 694 valence electrons. The van der Waals surface area contributed by atoms with Crippen LogP contribution in [0.4, 0.5) is 0 Å². The van der Waals surface area contributed by atoms with Crippen molar-refractivity contribution >= 4 is 131 Å². The van der Waals surface area contributed by atoms with Gasteiger partial charge in [-0.25, -0.2) is 0 Å². The number of aromatic nitrogens is 6. The average Bonchev–Trinajstić information content (AvgIpc) is 1.54. The van der Waals surface area contributed by atoms with Gasteiger partial charge in [0.25, 0.3) is 0 Å². The third kappa shape index (κ3) is 13.1. The van der Waals surface area contributed by atoms with E-state index in [-0.39, 0.29) is 16.2 Å². The maximum atomic E-state index is 2.49. The fourth-order valence-electron chi connectivity index (χ4n) is 25.6. The molecular formula is C141H100N6. The van der Waals surface area contributed by atoms with E-state index in [0.717, 1.165) is 0 Å². The molecular weight excluding hydrogens is 1780 g/mol. The monoisotopic (exact) mass is 1880 g/mol. The van der Waals surface area contributed by atoms with Crippen LogP contribution in [-0.4, -0.2) is 27.4 Å². The first-order chi connectivity index (χ1) is 72.2. The van der Waals surface area contributed by atoms with Crippen molar-refractivity contribution in [2.75, 3.05) is 0 Å². The summed E-state index contributed by atoms with van der Waals surface area (Å²) in [5.41, 5.74) is 47.6. The molecule has 0 saturated carbocycles. The molecule has 3 aliphatic carbocycles. The largest absolute Gasteiger partial charge is 0.309 e. The van der Waals surface area contributed by atoms with Crippen LogP contribution in [0.15, 0.2) is 497 Å². The topological polar surface area (TPSA) is 29.6 Å². The first kappa shape index (κ1) is 85.4. The van der Waals surface area contributed by atoms with Crippen LogP contribution < -0.4 is 0 Å². The van der Waals surface area contributed by atoms with E-state index in [1.807, 2.05) is 0 Å². The Balaban J connectivity index is 0.000000105. The van der Waals surface area contributed by atoms with Gasteiger partial charge in [0, 0.05) is 115 Å². The SMILES string of the molecule is CC1(C)c2cc3c(cc2-c2cc4c5ccccc5n(-c5cccc(-c6ccccc6)c5)c4cc21)c1ccccc1n3-c1ccc(-c2ccccc2)cc1.CC1(C)c2cc3c(cc2-c2cc4c5ccccc5n(-c5cccc(-c6ccccc6)c5)c4cc21)c1ccccc1n3-c1cccc(-c2ccccc2)c1.CC1(C)c2cc3c(cc2-c2cc4c5ccccc5n(-c5ccccc5)c4cc21)c1ccccc1n3-c1ccccc1. The lowest BCUT2D eigenvalue weighted by molar-refractivity contribution is 0.661. The molecule has 31 rings (SSSR count). The standard InChI is InChI=1S/2C51H36N2.C39H28N2/c1-51(2)45-31-49-43(39-23-9-11-25-47(39)52(49)37-21-13-19-35(27-37)33-15-5-3-6-16-33)29-41(45)42-30-44-40-24-10-12-26-48(40)53(50(44)32-46(42)51)38-22-14-20-36(28-38)34-17-7-4-8-18-34;1-51(2)45-31-49-43(39-20-9-11-22-47(39)52(49)37-26-24-35(25-27-37)33-14-5-3-6-15-33)29-41(45)42-30-44-40-21-10-12-23-48(40)53(50(44)32-46(42)51)38-19-13-18-36(28-38)34-16-7-4-8-17-34;1-39(2)33-23-37-31(27-17-9-11-19-35(27)40(37)25-13-5-3-6-14-25)21-29(33)30-22-32-28-18-10-12-20-36(28)41(38(32)24-34(30)39)26-15-7-4-8-16-26/h2*3-32H,1-2H3;3-24H,1-2H3. The maximum absolute atomic E-state index is 2.49. The van der Waals surface area contributed by atoms with E-state index in [1.165, 1.54) is 276 Å². The zero-order chi connectivity index (χ0) is 97.8. The number of nitrogens with zero attached hydrogens (tertiary/aromatic N) is 6. The maximum Gasteiger partial charge on any atom is 0.0544 e. The molecule has 0 N–H and O–H groups in total. The molecule has 0 aliphatic heterocycles. The highest BCUT2D eigenvalue weighted by molar-refractivity contribution is 6.20. The second kappa shape index (κ2) is 32.8. The van der Waals surface area contributed by atoms with Crippen molar-refractivity contribution in [3.05, 3.63) is 531 Å². The summed E-state index contributed by atoms with van der Waals surface area (Å²) in [4.78, 5) is 0. The number of hydrogen-bond donors (Lipinski definition) is 0. The molecule has 6 heteroatoms. The summed E-state index contributed by atoms with van der Waals surface area (Å²) < 4.78 is 14.7. The number of fused-ring (bicyclic) bond motifs is 27. The Morgan fingerprint density at radius 2 is 0.279 bits per heavy atom. The minimum Gasteiger partial charge on any atom is -0.309 e. The van der Waals surface area contributed by atoms with E-state index in [9.17, 15) is 0 Å². The minimum absolute atomic E-state index is 0.136. The predicted molar refractivity (Wildman–Crippen MR) is 620 cm³/mol. The summed E-state index contributed by atoms with van der Waals surface area (Å²) in [6.07, 6.45) is 0. The first-order valence-electron chi connectivity index (χ1n) is 51.4. The Morgan fingerprint density at radius 1 is 0.116 bits per heavy atom. The van der Waals surface area contributed by atoms with Gasteiger partial charge in [0.15, 0.2) is 0 Å². The fourth-order valence-corrected chi connectivity index (χ4v) is 25.6. The molecule has 6 heterocycles. The zero-order valence-electron chi connectivity index (χ0n) is 82.5. The lowest BCUT2D eigenvalue weighted by Gasteiger charge is -2.22. The second-order valence-electron chi connectivity index (χ2n) is 41.8. The number of rotatable bonds is 10. The minimum atomic E-state index is -0.201. The third-order valence-corrected chi connectivity index (χ3v) is 32.7. The summed E-state index contributed by atoms with van der Waals surface area (Å²) in [5, 5.41) is 15.4. The van der Waals surface area contributed by atoms with Crippen molar-refractivity contribution in [3.63, 3.8) is 0 Å². The first-order valence-corrected chi connectivity index (χ1v) is 51.4. The Morgan fingerprint density at radius 3 is 0.503 bits per heavy atom. The molecule has 28 aromatic rings. The van der Waals surface area contributed by atoms with Crippen LogP contribution in [0.3, 0.4) is 0 Å². The Kier molecular flexibility index (Phi) is 19.1. The Labute approximate surface area is 852 Å². The number of benzene rings is 22. The van der Waals surface area contributed by atoms with Gasteiger partial charge in [-0.1, -0.05) is 357 Å². The molecule has 22 aromatic carbocycles. The highest BCUT2D eigenvalue weighted by Crippen LogP contribution is 2.58. The molecule has 0 atom stereocenters. The summed E-state index contributed by atoms with van der Waals surface area (Å²) in [7, 11) is 0. The van der Waals surface area contributed by atoms with E-state index in [0.29, 0.717) is 0 Å². The summed E-state index contributed by atoms with van der Waals surface area (Å²) >= 11 is 0. The third-order valence-electron chi connectivity index (χ3n) is 32.7. The van der Waals surface area contributed by atoms with Crippen LogP contribution in [0.1, 0.15) is 74.9 Å². The molecule has 0 radical (unpaired) electrons. The number of hydrogen-bond acceptors (Lipinski definition) is 0. The molecule has 6 aromatic heterocycles. The van der Waals surface area contributed by atoms with Gasteiger partial charge in [0.05, 0.1) is 66.2 Å². The predicted octanol–water partition coefficient (Wildman–Crippen LogP) is 37.2. The molecule has 3 aliphatic rings. The van der Waals surface area contributed by atoms with Crippen LogP contribution in [0.5, 0.6) is 0 Å². The van der Waals surface area contributed by atoms with Gasteiger partial charge in [-0.15, -0.1) is 0 Å². The lowest BCUT2D eigenvalue weighted by atomic mass is 9.82. The highest BCUT2D eigenvalue weighted by atomic mass is 15.0. The zero-order valence-corrected chi connectivity index (χ0v) is 82.5. The van der Waals surface area contributed by atoms with Gasteiger partial charge >= 0.3 is 0 Å². The van der Waals surface area contributed by atoms with Gasteiger partial charge in [-0.3, -0.25) is 0 Å². The van der Waals surface area contributed by atoms with E-state index in [1.54, 1.807) is 0 Å². The van der Waals surface area contributed by atoms with Crippen LogP contribution in [-0.2, 0) is 16.2 Å². The van der Waals surface area contributed by atoms with Crippen LogP contribution in [0, 0.1) is 0 Å². The van der Waals surface area contributed by atoms with Crippen molar-refractivity contribution in [1.82, 2.24) is 27.4 Å². The quantitative estimate of drug-likeness (QED) is 0.131. The smallest absolute Gasteiger partial charge is 0.0544 e. The van der Waals surface area contributed by atoms with Gasteiger partial charge < -0.3 is 27.4 Å². The molecule has 0 bridgehead atoms. The van der Waals surface area contributed by atoms with Crippen molar-refractivity contribution in [3.8, 4) is 112 Å². The van der Waals surface area contributed by atoms with Crippen LogP contribution >= 0.6 is 0 Å². The van der Waals surface area contributed by atoms with Gasteiger partial charge in [-0.05, 0) is 293 Å². The van der Waals surface area contributed by atoms with E-state index in [2.05, 4.69) is 566 Å². The number of para-hydroxylation sites is 8. The van der Waals surface area contributed by atoms with Gasteiger partial charge in [0.1, 0.15) is 0 Å². The molecule has 0 amide bonds. The fraction of sp³-hybridized carbons (Fsp3) is 0.0638. The summed E-state index contributed by atoms with van der Waals surface area (Å²) in [5.74, 6) is 0. The van der Waals surface area contributed by atoms with Crippen LogP contribution in [0.2, 0.25) is 0 Å². The van der Waals surface area contributed by atoms with Crippen molar-refractivity contribution in [1.29, 1.82) is 0 Å². The van der Waals surface area contributed by atoms with E-state index in [4.69, 9.17) is 0 Å². The Hall–Kier alpha value is -18.4. The normalized spacial score (nSPS) is 13.4. The van der Waals surface area contributed by atoms with Crippen molar-refractivity contribution in [2.45, 2.75) is 57.8 Å².